The summed E-state index contributed by atoms with van der Waals surface area (Å²) in [7, 11) is 0. The molecule has 0 aliphatic rings. The Kier molecular flexibility index (Phi) is 3.76. The fourth-order valence-corrected chi connectivity index (χ4v) is 1.01. The second kappa shape index (κ2) is 3.84. The Bertz CT molecular complexity index is 163. The van der Waals surface area contributed by atoms with Crippen LogP contribution in [0.4, 0.5) is 17.6 Å². The molecule has 0 aliphatic heterocycles. The number of halogens is 4. The molecule has 0 N–H and O–H groups in total. The van der Waals surface area contributed by atoms with Crippen molar-refractivity contribution in [2.75, 3.05) is 0 Å². The van der Waals surface area contributed by atoms with Gasteiger partial charge in [-0.15, -0.1) is 0 Å². The SMILES string of the molecule is CCC(C)(C)C(F)(F)C(C)C(F)F. The Balaban J connectivity index is 4.74. The molecule has 0 aromatic rings. The van der Waals surface area contributed by atoms with Crippen LogP contribution in [0.1, 0.15) is 34.1 Å². The lowest BCUT2D eigenvalue weighted by Gasteiger charge is -2.37. The van der Waals surface area contributed by atoms with Crippen LogP contribution in [0.2, 0.25) is 0 Å². The molecule has 0 saturated heterocycles. The van der Waals surface area contributed by atoms with Gasteiger partial charge in [-0.2, -0.15) is 0 Å². The average Bonchev–Trinajstić information content (AvgIpc) is 2.02. The van der Waals surface area contributed by atoms with Gasteiger partial charge in [-0.1, -0.05) is 27.7 Å². The topological polar surface area (TPSA) is 0 Å². The molecule has 0 heterocycles. The summed E-state index contributed by atoms with van der Waals surface area (Å²) >= 11 is 0. The predicted octanol–water partition coefficient (Wildman–Crippen LogP) is 3.96. The first-order chi connectivity index (χ1) is 5.66. The van der Waals surface area contributed by atoms with Gasteiger partial charge in [-0.25, -0.2) is 17.6 Å². The smallest absolute Gasteiger partial charge is 0.210 e. The lowest BCUT2D eigenvalue weighted by molar-refractivity contribution is -0.179. The number of rotatable bonds is 4. The second-order valence-corrected chi connectivity index (χ2v) is 3.98. The third-order valence-electron chi connectivity index (χ3n) is 2.74. The van der Waals surface area contributed by atoms with Crippen LogP contribution in [-0.2, 0) is 0 Å². The standard InChI is InChI=1S/C9H16F4/c1-5-8(3,4)9(12,13)6(2)7(10)11/h6-7H,5H2,1-4H3. The minimum Gasteiger partial charge on any atom is -0.210 e. The van der Waals surface area contributed by atoms with Crippen molar-refractivity contribution in [2.24, 2.45) is 11.3 Å². The summed E-state index contributed by atoms with van der Waals surface area (Å²) in [5.41, 5.74) is -1.37. The summed E-state index contributed by atoms with van der Waals surface area (Å²) < 4.78 is 51.0. The van der Waals surface area contributed by atoms with Gasteiger partial charge in [0.25, 0.3) is 5.92 Å². The quantitative estimate of drug-likeness (QED) is 0.602. The predicted molar refractivity (Wildman–Crippen MR) is 44.2 cm³/mol. The maximum absolute atomic E-state index is 13.4. The van der Waals surface area contributed by atoms with Gasteiger partial charge in [-0.05, 0) is 6.42 Å². The molecular weight excluding hydrogens is 184 g/mol. The molecule has 0 fully saturated rings. The van der Waals surface area contributed by atoms with E-state index in [0.29, 0.717) is 0 Å². The third kappa shape index (κ3) is 2.35. The first kappa shape index (κ1) is 12.7. The van der Waals surface area contributed by atoms with E-state index < -0.39 is 23.7 Å². The molecule has 0 rings (SSSR count). The summed E-state index contributed by atoms with van der Waals surface area (Å²) in [4.78, 5) is 0. The third-order valence-corrected chi connectivity index (χ3v) is 2.74. The zero-order valence-corrected chi connectivity index (χ0v) is 8.37. The molecule has 0 amide bonds. The molecule has 0 bridgehead atoms. The molecule has 1 atom stereocenters. The molecule has 0 aromatic heterocycles. The van der Waals surface area contributed by atoms with E-state index >= 15 is 0 Å². The van der Waals surface area contributed by atoms with E-state index in [9.17, 15) is 17.6 Å². The lowest BCUT2D eigenvalue weighted by atomic mass is 9.77. The highest BCUT2D eigenvalue weighted by atomic mass is 19.3. The van der Waals surface area contributed by atoms with Gasteiger partial charge in [0.1, 0.15) is 0 Å². The number of alkyl halides is 4. The van der Waals surface area contributed by atoms with E-state index in [2.05, 4.69) is 0 Å². The first-order valence-electron chi connectivity index (χ1n) is 4.32. The zero-order chi connectivity index (χ0) is 10.9. The van der Waals surface area contributed by atoms with Gasteiger partial charge in [0, 0.05) is 5.41 Å². The van der Waals surface area contributed by atoms with Crippen LogP contribution in [0.15, 0.2) is 0 Å². The van der Waals surface area contributed by atoms with Gasteiger partial charge >= 0.3 is 0 Å². The normalized spacial score (nSPS) is 16.4. The molecular formula is C9H16F4. The fraction of sp³-hybridized carbons (Fsp3) is 1.00. The van der Waals surface area contributed by atoms with Crippen LogP contribution in [0.5, 0.6) is 0 Å². The molecule has 0 saturated carbocycles. The highest BCUT2D eigenvalue weighted by Crippen LogP contribution is 2.45. The largest absolute Gasteiger partial charge is 0.261 e. The summed E-state index contributed by atoms with van der Waals surface area (Å²) in [5.74, 6) is -5.21. The fourth-order valence-electron chi connectivity index (χ4n) is 1.01. The van der Waals surface area contributed by atoms with Crippen molar-refractivity contribution in [3.8, 4) is 0 Å². The summed E-state index contributed by atoms with van der Waals surface area (Å²) in [5, 5.41) is 0. The van der Waals surface area contributed by atoms with Crippen LogP contribution >= 0.6 is 0 Å². The highest BCUT2D eigenvalue weighted by Gasteiger charge is 2.52. The molecule has 4 heteroatoms. The first-order valence-corrected chi connectivity index (χ1v) is 4.32. The summed E-state index contributed by atoms with van der Waals surface area (Å²) in [6, 6.07) is 0. The minimum atomic E-state index is -3.32. The monoisotopic (exact) mass is 200 g/mol. The van der Waals surface area contributed by atoms with Gasteiger partial charge in [-0.3, -0.25) is 0 Å². The Labute approximate surface area is 76.3 Å². The molecule has 0 nitrogen and oxygen atoms in total. The van der Waals surface area contributed by atoms with Crippen molar-refractivity contribution in [1.29, 1.82) is 0 Å². The molecule has 80 valence electrons. The van der Waals surface area contributed by atoms with E-state index in [0.717, 1.165) is 6.92 Å². The molecule has 13 heavy (non-hydrogen) atoms. The van der Waals surface area contributed by atoms with Gasteiger partial charge < -0.3 is 0 Å². The maximum atomic E-state index is 13.4. The van der Waals surface area contributed by atoms with Crippen molar-refractivity contribution in [3.05, 3.63) is 0 Å². The number of hydrogen-bond acceptors (Lipinski definition) is 0. The summed E-state index contributed by atoms with van der Waals surface area (Å²) in [6.07, 6.45) is -2.79. The Hall–Kier alpha value is -0.280. The lowest BCUT2D eigenvalue weighted by Crippen LogP contribution is -2.44. The molecule has 0 radical (unpaired) electrons. The van der Waals surface area contributed by atoms with E-state index in [1.54, 1.807) is 6.92 Å². The summed E-state index contributed by atoms with van der Waals surface area (Å²) in [6.45, 7) is 5.09. The second-order valence-electron chi connectivity index (χ2n) is 3.98. The van der Waals surface area contributed by atoms with Crippen LogP contribution < -0.4 is 0 Å². The van der Waals surface area contributed by atoms with Gasteiger partial charge in [0.15, 0.2) is 0 Å². The molecule has 1 unspecified atom stereocenters. The Morgan fingerprint density at radius 3 is 1.77 bits per heavy atom. The van der Waals surface area contributed by atoms with E-state index in [1.165, 1.54) is 13.8 Å². The Morgan fingerprint density at radius 1 is 1.15 bits per heavy atom. The van der Waals surface area contributed by atoms with Crippen molar-refractivity contribution in [2.45, 2.75) is 46.5 Å². The average molecular weight is 200 g/mol. The minimum absolute atomic E-state index is 0.178. The van der Waals surface area contributed by atoms with Crippen molar-refractivity contribution >= 4 is 0 Å². The highest BCUT2D eigenvalue weighted by molar-refractivity contribution is 4.89. The molecule has 0 spiro atoms. The van der Waals surface area contributed by atoms with Gasteiger partial charge in [0.2, 0.25) is 6.43 Å². The molecule has 0 aromatic carbocycles. The van der Waals surface area contributed by atoms with Crippen LogP contribution in [0, 0.1) is 11.3 Å². The zero-order valence-electron chi connectivity index (χ0n) is 8.37. The van der Waals surface area contributed by atoms with E-state index in [-0.39, 0.29) is 6.42 Å². The maximum Gasteiger partial charge on any atom is 0.261 e. The van der Waals surface area contributed by atoms with Crippen molar-refractivity contribution in [1.82, 2.24) is 0 Å². The van der Waals surface area contributed by atoms with Crippen LogP contribution in [0.25, 0.3) is 0 Å². The molecule has 0 aliphatic carbocycles. The van der Waals surface area contributed by atoms with Crippen LogP contribution in [0.3, 0.4) is 0 Å². The van der Waals surface area contributed by atoms with E-state index in [4.69, 9.17) is 0 Å². The van der Waals surface area contributed by atoms with E-state index in [1.807, 2.05) is 0 Å². The Morgan fingerprint density at radius 2 is 1.54 bits per heavy atom. The van der Waals surface area contributed by atoms with Crippen molar-refractivity contribution in [3.63, 3.8) is 0 Å². The van der Waals surface area contributed by atoms with Crippen LogP contribution in [-0.4, -0.2) is 12.3 Å². The van der Waals surface area contributed by atoms with Crippen molar-refractivity contribution < 1.29 is 17.6 Å². The van der Waals surface area contributed by atoms with Gasteiger partial charge in [0.05, 0.1) is 5.92 Å². The number of hydrogen-bond donors (Lipinski definition) is 0.